The smallest absolute Gasteiger partial charge is 0.166 e. The van der Waals surface area contributed by atoms with Crippen molar-refractivity contribution < 1.29 is 9.53 Å². The molecule has 2 rings (SSSR count). The summed E-state index contributed by atoms with van der Waals surface area (Å²) in [5.74, 6) is 1.61. The van der Waals surface area contributed by atoms with Crippen molar-refractivity contribution in [2.75, 3.05) is 6.61 Å². The summed E-state index contributed by atoms with van der Waals surface area (Å²) in [5.41, 5.74) is 0.753. The molecule has 0 amide bonds. The highest BCUT2D eigenvalue weighted by Crippen LogP contribution is 2.34. The van der Waals surface area contributed by atoms with Gasteiger partial charge in [0.15, 0.2) is 5.78 Å². The number of para-hydroxylation sites is 1. The van der Waals surface area contributed by atoms with Crippen molar-refractivity contribution in [3.05, 3.63) is 29.8 Å². The molecule has 0 saturated heterocycles. The van der Waals surface area contributed by atoms with Gasteiger partial charge in [-0.2, -0.15) is 0 Å². The summed E-state index contributed by atoms with van der Waals surface area (Å²) in [6.07, 6.45) is 4.07. The predicted molar refractivity (Wildman–Crippen MR) is 63.9 cm³/mol. The number of rotatable bonds is 6. The summed E-state index contributed by atoms with van der Waals surface area (Å²) in [5, 5.41) is 0. The highest BCUT2D eigenvalue weighted by molar-refractivity contribution is 5.98. The van der Waals surface area contributed by atoms with Crippen molar-refractivity contribution >= 4 is 5.78 Å². The zero-order chi connectivity index (χ0) is 11.4. The zero-order valence-corrected chi connectivity index (χ0v) is 9.74. The Balaban J connectivity index is 2.07. The van der Waals surface area contributed by atoms with E-state index >= 15 is 0 Å². The van der Waals surface area contributed by atoms with Crippen molar-refractivity contribution in [3.63, 3.8) is 0 Å². The van der Waals surface area contributed by atoms with Crippen molar-refractivity contribution in [1.29, 1.82) is 0 Å². The van der Waals surface area contributed by atoms with Crippen LogP contribution < -0.4 is 4.74 Å². The first-order valence-corrected chi connectivity index (χ1v) is 6.06. The van der Waals surface area contributed by atoms with Gasteiger partial charge in [0, 0.05) is 6.42 Å². The van der Waals surface area contributed by atoms with Gasteiger partial charge < -0.3 is 4.74 Å². The lowest BCUT2D eigenvalue weighted by Crippen LogP contribution is -2.05. The Labute approximate surface area is 96.6 Å². The molecule has 0 atom stereocenters. The maximum atomic E-state index is 12.0. The third-order valence-electron chi connectivity index (χ3n) is 2.82. The van der Waals surface area contributed by atoms with Crippen LogP contribution in [0.15, 0.2) is 24.3 Å². The molecule has 1 aromatic carbocycles. The summed E-state index contributed by atoms with van der Waals surface area (Å²) in [6, 6.07) is 7.57. The van der Waals surface area contributed by atoms with Crippen LogP contribution >= 0.6 is 0 Å². The lowest BCUT2D eigenvalue weighted by atomic mass is 10.0. The van der Waals surface area contributed by atoms with Gasteiger partial charge in [0.2, 0.25) is 0 Å². The third kappa shape index (κ3) is 2.84. The fourth-order valence-corrected chi connectivity index (χ4v) is 1.73. The Hall–Kier alpha value is -1.31. The maximum absolute atomic E-state index is 12.0. The van der Waals surface area contributed by atoms with Crippen molar-refractivity contribution in [1.82, 2.24) is 0 Å². The Morgan fingerprint density at radius 3 is 2.81 bits per heavy atom. The summed E-state index contributed by atoms with van der Waals surface area (Å²) < 4.78 is 5.59. The monoisotopic (exact) mass is 218 g/mol. The fourth-order valence-electron chi connectivity index (χ4n) is 1.73. The minimum Gasteiger partial charge on any atom is -0.493 e. The van der Waals surface area contributed by atoms with Gasteiger partial charge in [-0.3, -0.25) is 4.79 Å². The van der Waals surface area contributed by atoms with Crippen LogP contribution in [-0.2, 0) is 0 Å². The number of benzene rings is 1. The molecular weight excluding hydrogens is 200 g/mol. The molecule has 0 unspecified atom stereocenters. The fraction of sp³-hybridized carbons (Fsp3) is 0.500. The first-order valence-electron chi connectivity index (χ1n) is 6.06. The Kier molecular flexibility index (Phi) is 3.60. The Bertz CT molecular complexity index is 367. The molecule has 1 fully saturated rings. The highest BCUT2D eigenvalue weighted by atomic mass is 16.5. The second kappa shape index (κ2) is 5.15. The molecule has 1 saturated carbocycles. The normalized spacial score (nSPS) is 14.8. The molecule has 0 aromatic heterocycles. The van der Waals surface area contributed by atoms with Gasteiger partial charge in [-0.05, 0) is 37.3 Å². The van der Waals surface area contributed by atoms with Gasteiger partial charge in [0.25, 0.3) is 0 Å². The van der Waals surface area contributed by atoms with Crippen LogP contribution in [0.5, 0.6) is 5.75 Å². The molecule has 2 nitrogen and oxygen atoms in total. The van der Waals surface area contributed by atoms with Gasteiger partial charge in [0.05, 0.1) is 12.2 Å². The SMILES string of the molecule is CCCOc1ccccc1C(=O)CC1CC1. The van der Waals surface area contributed by atoms with E-state index in [9.17, 15) is 4.79 Å². The molecule has 2 heteroatoms. The molecule has 0 aliphatic heterocycles. The van der Waals surface area contributed by atoms with Gasteiger partial charge in [-0.1, -0.05) is 19.1 Å². The number of hydrogen-bond acceptors (Lipinski definition) is 2. The van der Waals surface area contributed by atoms with E-state index in [0.29, 0.717) is 18.9 Å². The van der Waals surface area contributed by atoms with Crippen LogP contribution in [0.2, 0.25) is 0 Å². The summed E-state index contributed by atoms with van der Waals surface area (Å²) >= 11 is 0. The summed E-state index contributed by atoms with van der Waals surface area (Å²) in [6.45, 7) is 2.74. The quantitative estimate of drug-likeness (QED) is 0.683. The second-order valence-electron chi connectivity index (χ2n) is 4.42. The topological polar surface area (TPSA) is 26.3 Å². The lowest BCUT2D eigenvalue weighted by molar-refractivity contribution is 0.0972. The zero-order valence-electron chi connectivity index (χ0n) is 9.74. The van der Waals surface area contributed by atoms with Crippen LogP contribution in [0.4, 0.5) is 0 Å². The average Bonchev–Trinajstić information content (AvgIpc) is 3.10. The molecule has 1 aliphatic rings. The van der Waals surface area contributed by atoms with Gasteiger partial charge in [0.1, 0.15) is 5.75 Å². The number of carbonyl (C=O) groups excluding carboxylic acids is 1. The summed E-state index contributed by atoms with van der Waals surface area (Å²) in [7, 11) is 0. The van der Waals surface area contributed by atoms with Crippen LogP contribution in [-0.4, -0.2) is 12.4 Å². The maximum Gasteiger partial charge on any atom is 0.166 e. The van der Waals surface area contributed by atoms with E-state index in [0.717, 1.165) is 17.7 Å². The predicted octanol–water partition coefficient (Wildman–Crippen LogP) is 3.46. The standard InChI is InChI=1S/C14H18O2/c1-2-9-16-14-6-4-3-5-12(14)13(15)10-11-7-8-11/h3-6,11H,2,7-10H2,1H3. The molecule has 0 N–H and O–H groups in total. The van der Waals surface area contributed by atoms with Gasteiger partial charge in [-0.25, -0.2) is 0 Å². The van der Waals surface area contributed by atoms with E-state index in [1.165, 1.54) is 12.8 Å². The van der Waals surface area contributed by atoms with E-state index in [-0.39, 0.29) is 5.78 Å². The first kappa shape index (κ1) is 11.2. The number of Topliss-reactive ketones (excluding diaryl/α,β-unsaturated/α-hetero) is 1. The summed E-state index contributed by atoms with van der Waals surface area (Å²) in [4.78, 5) is 12.0. The molecule has 1 aromatic rings. The molecule has 0 spiro atoms. The Morgan fingerprint density at radius 2 is 2.12 bits per heavy atom. The van der Waals surface area contributed by atoms with E-state index in [2.05, 4.69) is 6.92 Å². The minimum atomic E-state index is 0.231. The van der Waals surface area contributed by atoms with E-state index in [1.807, 2.05) is 24.3 Å². The van der Waals surface area contributed by atoms with Crippen molar-refractivity contribution in [3.8, 4) is 5.75 Å². The second-order valence-corrected chi connectivity index (χ2v) is 4.42. The molecule has 0 radical (unpaired) electrons. The number of ketones is 1. The molecule has 86 valence electrons. The Morgan fingerprint density at radius 1 is 1.38 bits per heavy atom. The molecule has 1 aliphatic carbocycles. The number of carbonyl (C=O) groups is 1. The molecule has 0 bridgehead atoms. The molecule has 0 heterocycles. The largest absolute Gasteiger partial charge is 0.493 e. The van der Waals surface area contributed by atoms with Crippen molar-refractivity contribution in [2.24, 2.45) is 5.92 Å². The van der Waals surface area contributed by atoms with Gasteiger partial charge >= 0.3 is 0 Å². The van der Waals surface area contributed by atoms with E-state index in [1.54, 1.807) is 0 Å². The van der Waals surface area contributed by atoms with Crippen LogP contribution in [0.25, 0.3) is 0 Å². The molecule has 16 heavy (non-hydrogen) atoms. The van der Waals surface area contributed by atoms with Crippen molar-refractivity contribution in [2.45, 2.75) is 32.6 Å². The van der Waals surface area contributed by atoms with Crippen LogP contribution in [0, 0.1) is 5.92 Å². The van der Waals surface area contributed by atoms with E-state index < -0.39 is 0 Å². The third-order valence-corrected chi connectivity index (χ3v) is 2.82. The van der Waals surface area contributed by atoms with Gasteiger partial charge in [-0.15, -0.1) is 0 Å². The van der Waals surface area contributed by atoms with Crippen LogP contribution in [0.3, 0.4) is 0 Å². The number of hydrogen-bond donors (Lipinski definition) is 0. The number of ether oxygens (including phenoxy) is 1. The highest BCUT2D eigenvalue weighted by Gasteiger charge is 2.26. The minimum absolute atomic E-state index is 0.231. The van der Waals surface area contributed by atoms with Crippen LogP contribution in [0.1, 0.15) is 43.0 Å². The average molecular weight is 218 g/mol. The first-order chi connectivity index (χ1) is 7.81. The molecular formula is C14H18O2. The van der Waals surface area contributed by atoms with E-state index in [4.69, 9.17) is 4.74 Å². The lowest BCUT2D eigenvalue weighted by Gasteiger charge is -2.09.